The maximum atomic E-state index is 15.0. The molecule has 0 aliphatic rings. The molecule has 34 heavy (non-hydrogen) atoms. The first-order chi connectivity index (χ1) is 16.2. The van der Waals surface area contributed by atoms with E-state index >= 15 is 0 Å². The minimum atomic E-state index is -5.24. The third kappa shape index (κ3) is 4.93. The highest BCUT2D eigenvalue weighted by molar-refractivity contribution is 5.89. The lowest BCUT2D eigenvalue weighted by molar-refractivity contribution is -0.276. The average Bonchev–Trinajstić information content (AvgIpc) is 2.80. The van der Waals surface area contributed by atoms with Gasteiger partial charge < -0.3 is 4.74 Å². The second-order valence-electron chi connectivity index (χ2n) is 7.70. The van der Waals surface area contributed by atoms with Crippen LogP contribution in [-0.4, -0.2) is 6.36 Å². The first-order valence-corrected chi connectivity index (χ1v) is 10.3. The molecule has 0 aromatic heterocycles. The minimum absolute atomic E-state index is 0.0272. The number of halogens is 6. The van der Waals surface area contributed by atoms with Crippen LogP contribution in [0.3, 0.4) is 0 Å². The Balaban J connectivity index is 1.66. The molecular weight excluding hydrogens is 454 g/mol. The molecule has 0 bridgehead atoms. The van der Waals surface area contributed by atoms with Crippen LogP contribution in [0.4, 0.5) is 26.3 Å². The van der Waals surface area contributed by atoms with Crippen molar-refractivity contribution in [1.82, 2.24) is 0 Å². The molecule has 0 spiro atoms. The van der Waals surface area contributed by atoms with Gasteiger partial charge in [-0.1, -0.05) is 54.6 Å². The van der Waals surface area contributed by atoms with Crippen molar-refractivity contribution in [1.29, 1.82) is 0 Å². The van der Waals surface area contributed by atoms with E-state index in [-0.39, 0.29) is 16.3 Å². The first-order valence-electron chi connectivity index (χ1n) is 10.3. The molecule has 4 rings (SSSR count). The number of alkyl halides is 3. The predicted octanol–water partition coefficient (Wildman–Crippen LogP) is 8.61. The summed E-state index contributed by atoms with van der Waals surface area (Å²) in [6.07, 6.45) is -1.68. The van der Waals surface area contributed by atoms with Crippen LogP contribution < -0.4 is 4.74 Å². The Kier molecular flexibility index (Phi) is 6.37. The second kappa shape index (κ2) is 9.25. The number of hydrogen-bond acceptors (Lipinski definition) is 1. The number of ether oxygens (including phenoxy) is 1. The van der Waals surface area contributed by atoms with E-state index in [9.17, 15) is 26.3 Å². The fraction of sp³-hybridized carbons (Fsp3) is 0.111. The van der Waals surface area contributed by atoms with E-state index in [1.54, 1.807) is 12.1 Å². The van der Waals surface area contributed by atoms with Gasteiger partial charge in [0.15, 0.2) is 11.6 Å². The highest BCUT2D eigenvalue weighted by Crippen LogP contribution is 2.36. The van der Waals surface area contributed by atoms with Gasteiger partial charge in [0, 0.05) is 10.9 Å². The van der Waals surface area contributed by atoms with Crippen molar-refractivity contribution in [2.24, 2.45) is 0 Å². The lowest BCUT2D eigenvalue weighted by atomic mass is 9.96. The zero-order chi connectivity index (χ0) is 24.5. The quantitative estimate of drug-likeness (QED) is 0.202. The molecule has 0 saturated heterocycles. The molecule has 0 heterocycles. The molecule has 0 saturated carbocycles. The van der Waals surface area contributed by atoms with E-state index in [4.69, 9.17) is 0 Å². The number of rotatable bonds is 6. The van der Waals surface area contributed by atoms with E-state index in [2.05, 4.69) is 11.3 Å². The second-order valence-corrected chi connectivity index (χ2v) is 7.70. The van der Waals surface area contributed by atoms with E-state index in [0.29, 0.717) is 11.1 Å². The van der Waals surface area contributed by atoms with Crippen LogP contribution in [0.5, 0.6) is 5.75 Å². The largest absolute Gasteiger partial charge is 0.573 e. The van der Waals surface area contributed by atoms with Crippen LogP contribution in [-0.2, 0) is 6.42 Å². The smallest absolute Gasteiger partial charge is 0.399 e. The highest BCUT2D eigenvalue weighted by Gasteiger charge is 2.34. The van der Waals surface area contributed by atoms with Gasteiger partial charge in [0.2, 0.25) is 5.75 Å². The fourth-order valence-electron chi connectivity index (χ4n) is 3.75. The van der Waals surface area contributed by atoms with Crippen LogP contribution in [0.25, 0.3) is 33.0 Å². The summed E-state index contributed by atoms with van der Waals surface area (Å²) in [4.78, 5) is 0. The maximum absolute atomic E-state index is 15.0. The van der Waals surface area contributed by atoms with Crippen molar-refractivity contribution < 1.29 is 31.1 Å². The van der Waals surface area contributed by atoms with Gasteiger partial charge in [0.05, 0.1) is 0 Å². The van der Waals surface area contributed by atoms with Crippen molar-refractivity contribution >= 4 is 10.8 Å². The fourth-order valence-corrected chi connectivity index (χ4v) is 3.75. The van der Waals surface area contributed by atoms with Gasteiger partial charge in [-0.15, -0.1) is 19.8 Å². The third-order valence-electron chi connectivity index (χ3n) is 5.41. The Morgan fingerprint density at radius 3 is 2.09 bits per heavy atom. The summed E-state index contributed by atoms with van der Waals surface area (Å²) in [7, 11) is 0. The highest BCUT2D eigenvalue weighted by atomic mass is 19.4. The molecule has 0 fully saturated rings. The molecule has 7 heteroatoms. The van der Waals surface area contributed by atoms with Crippen LogP contribution in [0, 0.1) is 17.5 Å². The summed E-state index contributed by atoms with van der Waals surface area (Å²) in [6, 6.07) is 16.9. The molecule has 0 N–H and O–H groups in total. The first kappa shape index (κ1) is 23.4. The number of hydrogen-bond donors (Lipinski definition) is 0. The number of aryl methyl sites for hydroxylation is 1. The van der Waals surface area contributed by atoms with Crippen LogP contribution >= 0.6 is 0 Å². The van der Waals surface area contributed by atoms with Crippen molar-refractivity contribution in [3.05, 3.63) is 102 Å². The summed E-state index contributed by atoms with van der Waals surface area (Å²) >= 11 is 0. The Morgan fingerprint density at radius 1 is 0.765 bits per heavy atom. The number of fused-ring (bicyclic) bond motifs is 1. The average molecular weight is 472 g/mol. The molecule has 0 radical (unpaired) electrons. The zero-order valence-electron chi connectivity index (χ0n) is 17.7. The lowest BCUT2D eigenvalue weighted by Gasteiger charge is -2.13. The molecule has 0 amide bonds. The van der Waals surface area contributed by atoms with Crippen LogP contribution in [0.2, 0.25) is 0 Å². The van der Waals surface area contributed by atoms with E-state index in [1.807, 2.05) is 30.3 Å². The number of allylic oxidation sites excluding steroid dienone is 1. The van der Waals surface area contributed by atoms with Gasteiger partial charge in [-0.05, 0) is 58.7 Å². The van der Waals surface area contributed by atoms with Crippen LogP contribution in [0.1, 0.15) is 12.0 Å². The standard InChI is InChI=1S/C27H18F6O/c1-2-3-4-16-5-7-17(8-6-16)18-9-11-21(23(28)14-18)19-10-12-22-20(13-19)15-24(29)26(25(22)30)34-27(31,32)33/h2,5-15H,1,3-4H2. The number of benzene rings is 4. The predicted molar refractivity (Wildman–Crippen MR) is 120 cm³/mol. The van der Waals surface area contributed by atoms with Gasteiger partial charge in [-0.3, -0.25) is 0 Å². The van der Waals surface area contributed by atoms with Gasteiger partial charge in [0.25, 0.3) is 0 Å². The lowest BCUT2D eigenvalue weighted by Crippen LogP contribution is -2.19. The molecule has 0 unspecified atom stereocenters. The summed E-state index contributed by atoms with van der Waals surface area (Å²) in [6.45, 7) is 3.70. The summed E-state index contributed by atoms with van der Waals surface area (Å²) < 4.78 is 84.4. The topological polar surface area (TPSA) is 9.23 Å². The third-order valence-corrected chi connectivity index (χ3v) is 5.41. The van der Waals surface area contributed by atoms with Crippen LogP contribution in [0.15, 0.2) is 79.4 Å². The Morgan fingerprint density at radius 2 is 1.44 bits per heavy atom. The zero-order valence-corrected chi connectivity index (χ0v) is 17.7. The van der Waals surface area contributed by atoms with Crippen molar-refractivity contribution in [2.75, 3.05) is 0 Å². The molecule has 174 valence electrons. The van der Waals surface area contributed by atoms with E-state index in [1.165, 1.54) is 18.2 Å². The van der Waals surface area contributed by atoms with Gasteiger partial charge >= 0.3 is 6.36 Å². The van der Waals surface area contributed by atoms with Crippen molar-refractivity contribution in [3.63, 3.8) is 0 Å². The molecule has 0 atom stereocenters. The molecular formula is C27H18F6O. The summed E-state index contributed by atoms with van der Waals surface area (Å²) in [5.74, 6) is -5.07. The normalized spacial score (nSPS) is 11.6. The Bertz CT molecular complexity index is 1360. The monoisotopic (exact) mass is 472 g/mol. The van der Waals surface area contributed by atoms with E-state index < -0.39 is 29.6 Å². The summed E-state index contributed by atoms with van der Waals surface area (Å²) in [5.41, 5.74) is 3.13. The van der Waals surface area contributed by atoms with Crippen molar-refractivity contribution in [2.45, 2.75) is 19.2 Å². The summed E-state index contributed by atoms with van der Waals surface area (Å²) in [5, 5.41) is -0.307. The molecule has 4 aromatic rings. The molecule has 0 aliphatic heterocycles. The SMILES string of the molecule is C=CCCc1ccc(-c2ccc(-c3ccc4c(F)c(OC(F)(F)F)c(F)cc4c3)c(F)c2)cc1. The molecule has 1 nitrogen and oxygen atoms in total. The maximum Gasteiger partial charge on any atom is 0.573 e. The Hall–Kier alpha value is -3.74. The van der Waals surface area contributed by atoms with E-state index in [0.717, 1.165) is 36.1 Å². The van der Waals surface area contributed by atoms with Gasteiger partial charge in [-0.25, -0.2) is 13.2 Å². The molecule has 0 aliphatic carbocycles. The minimum Gasteiger partial charge on any atom is -0.399 e. The van der Waals surface area contributed by atoms with Crippen molar-refractivity contribution in [3.8, 4) is 28.0 Å². The molecule has 4 aromatic carbocycles. The van der Waals surface area contributed by atoms with Gasteiger partial charge in [0.1, 0.15) is 5.82 Å². The Labute approximate surface area is 191 Å². The van der Waals surface area contributed by atoms with Gasteiger partial charge in [-0.2, -0.15) is 0 Å².